The zero-order valence-corrected chi connectivity index (χ0v) is 18.1. The number of fused-ring (bicyclic) bond motifs is 2. The van der Waals surface area contributed by atoms with Gasteiger partial charge in [0, 0.05) is 18.5 Å². The number of imide groups is 1. The Hall–Kier alpha value is -4.26. The highest BCUT2D eigenvalue weighted by Crippen LogP contribution is 2.27. The molecule has 4 rings (SSSR count). The van der Waals surface area contributed by atoms with Gasteiger partial charge in [0.05, 0.1) is 22.4 Å². The predicted molar refractivity (Wildman–Crippen MR) is 124 cm³/mol. The third kappa shape index (κ3) is 4.01. The van der Waals surface area contributed by atoms with Crippen molar-refractivity contribution in [3.05, 3.63) is 90.0 Å². The molecule has 0 unspecified atom stereocenters. The summed E-state index contributed by atoms with van der Waals surface area (Å²) >= 11 is 0. The zero-order valence-electron chi connectivity index (χ0n) is 18.1. The summed E-state index contributed by atoms with van der Waals surface area (Å²) in [6.45, 7) is 5.42. The van der Waals surface area contributed by atoms with Gasteiger partial charge < -0.3 is 9.64 Å². The van der Waals surface area contributed by atoms with Crippen LogP contribution in [0.1, 0.15) is 38.0 Å². The Balaban J connectivity index is 1.49. The maximum Gasteiger partial charge on any atom is 0.338 e. The number of hydrogen-bond acceptors (Lipinski definition) is 5. The van der Waals surface area contributed by atoms with Crippen LogP contribution in [0.2, 0.25) is 0 Å². The van der Waals surface area contributed by atoms with E-state index in [4.69, 9.17) is 4.74 Å². The Morgan fingerprint density at radius 3 is 2.48 bits per heavy atom. The van der Waals surface area contributed by atoms with Crippen LogP contribution in [-0.4, -0.2) is 48.3 Å². The largest absolute Gasteiger partial charge is 0.452 e. The van der Waals surface area contributed by atoms with Gasteiger partial charge >= 0.3 is 5.97 Å². The molecule has 33 heavy (non-hydrogen) atoms. The number of rotatable bonds is 7. The second kappa shape index (κ2) is 9.08. The number of ether oxygens (including phenoxy) is 1. The molecule has 0 saturated heterocycles. The monoisotopic (exact) mass is 442 g/mol. The Bertz CT molecular complexity index is 1290. The summed E-state index contributed by atoms with van der Waals surface area (Å²) in [6, 6.07) is 17.6. The minimum absolute atomic E-state index is 0.0850. The van der Waals surface area contributed by atoms with Gasteiger partial charge in [-0.3, -0.25) is 19.3 Å². The number of nitrogens with zero attached hydrogens (tertiary/aromatic N) is 2. The minimum Gasteiger partial charge on any atom is -0.452 e. The van der Waals surface area contributed by atoms with Crippen molar-refractivity contribution in [2.24, 2.45) is 0 Å². The molecule has 1 heterocycles. The molecular weight excluding hydrogens is 420 g/mol. The number of benzene rings is 3. The lowest BCUT2D eigenvalue weighted by Gasteiger charge is -2.22. The fourth-order valence-electron chi connectivity index (χ4n) is 3.93. The van der Waals surface area contributed by atoms with Crippen molar-refractivity contribution in [2.75, 3.05) is 24.6 Å². The molecule has 166 valence electrons. The van der Waals surface area contributed by atoms with E-state index in [0.29, 0.717) is 6.54 Å². The molecule has 0 spiro atoms. The van der Waals surface area contributed by atoms with Crippen molar-refractivity contribution in [3.8, 4) is 0 Å². The number of esters is 1. The smallest absolute Gasteiger partial charge is 0.338 e. The standard InChI is InChI=1S/C26H22N2O5/c1-3-14-28-24(30)20-13-12-18(15-21(20)25(28)31)26(32)33-16-23(29)27(4-2)22-11-7-9-17-8-5-6-10-19(17)22/h3,5-13,15H,1,4,14,16H2,2H3. The van der Waals surface area contributed by atoms with Crippen LogP contribution in [0.4, 0.5) is 5.69 Å². The molecular formula is C26H22N2O5. The fourth-order valence-corrected chi connectivity index (χ4v) is 3.93. The summed E-state index contributed by atoms with van der Waals surface area (Å²) < 4.78 is 5.25. The number of likely N-dealkylation sites (N-methyl/N-ethyl adjacent to an activating group) is 1. The summed E-state index contributed by atoms with van der Waals surface area (Å²) in [6.07, 6.45) is 1.46. The second-order valence-corrected chi connectivity index (χ2v) is 7.48. The van der Waals surface area contributed by atoms with Gasteiger partial charge in [0.1, 0.15) is 0 Å². The normalized spacial score (nSPS) is 12.6. The Morgan fingerprint density at radius 1 is 1.00 bits per heavy atom. The molecule has 1 aliphatic rings. The molecule has 7 heteroatoms. The molecule has 0 saturated carbocycles. The molecule has 0 bridgehead atoms. The Morgan fingerprint density at radius 2 is 1.73 bits per heavy atom. The van der Waals surface area contributed by atoms with Gasteiger partial charge in [0.2, 0.25) is 0 Å². The van der Waals surface area contributed by atoms with E-state index < -0.39 is 24.4 Å². The predicted octanol–water partition coefficient (Wildman–Crippen LogP) is 3.83. The zero-order chi connectivity index (χ0) is 23.5. The molecule has 0 atom stereocenters. The van der Waals surface area contributed by atoms with Crippen LogP contribution < -0.4 is 4.90 Å². The number of amides is 3. The van der Waals surface area contributed by atoms with Crippen molar-refractivity contribution in [3.63, 3.8) is 0 Å². The first-order chi connectivity index (χ1) is 16.0. The van der Waals surface area contributed by atoms with E-state index in [1.807, 2.05) is 49.4 Å². The average molecular weight is 442 g/mol. The molecule has 0 N–H and O–H groups in total. The fraction of sp³-hybridized carbons (Fsp3) is 0.154. The number of hydrogen-bond donors (Lipinski definition) is 0. The first-order valence-corrected chi connectivity index (χ1v) is 10.5. The first kappa shape index (κ1) is 22.0. The van der Waals surface area contributed by atoms with Crippen LogP contribution in [-0.2, 0) is 9.53 Å². The van der Waals surface area contributed by atoms with Crippen LogP contribution in [0.3, 0.4) is 0 Å². The van der Waals surface area contributed by atoms with Gasteiger partial charge in [-0.1, -0.05) is 42.5 Å². The summed E-state index contributed by atoms with van der Waals surface area (Å²) in [5.41, 5.74) is 1.19. The SMILES string of the molecule is C=CCN1C(=O)c2ccc(C(=O)OCC(=O)N(CC)c3cccc4ccccc34)cc2C1=O. The van der Waals surface area contributed by atoms with Crippen LogP contribution in [0.15, 0.2) is 73.3 Å². The van der Waals surface area contributed by atoms with Crippen LogP contribution in [0, 0.1) is 0 Å². The molecule has 0 fully saturated rings. The molecule has 3 aromatic rings. The van der Waals surface area contributed by atoms with Gasteiger partial charge in [-0.25, -0.2) is 4.79 Å². The van der Waals surface area contributed by atoms with Crippen molar-refractivity contribution >= 4 is 40.2 Å². The van der Waals surface area contributed by atoms with Gasteiger partial charge in [-0.2, -0.15) is 0 Å². The number of carbonyl (C=O) groups is 4. The van der Waals surface area contributed by atoms with Gasteiger partial charge in [0.25, 0.3) is 17.7 Å². The van der Waals surface area contributed by atoms with E-state index in [2.05, 4.69) is 6.58 Å². The van der Waals surface area contributed by atoms with Crippen LogP contribution in [0.25, 0.3) is 10.8 Å². The summed E-state index contributed by atoms with van der Waals surface area (Å²) in [5, 5.41) is 1.92. The maximum absolute atomic E-state index is 12.9. The van der Waals surface area contributed by atoms with E-state index in [0.717, 1.165) is 21.4 Å². The third-order valence-corrected chi connectivity index (χ3v) is 5.52. The molecule has 7 nitrogen and oxygen atoms in total. The maximum atomic E-state index is 12.9. The third-order valence-electron chi connectivity index (χ3n) is 5.52. The average Bonchev–Trinajstić information content (AvgIpc) is 3.07. The molecule has 3 amide bonds. The highest BCUT2D eigenvalue weighted by molar-refractivity contribution is 6.22. The van der Waals surface area contributed by atoms with Gasteiger partial charge in [-0.05, 0) is 36.6 Å². The summed E-state index contributed by atoms with van der Waals surface area (Å²) in [7, 11) is 0. The second-order valence-electron chi connectivity index (χ2n) is 7.48. The van der Waals surface area contributed by atoms with E-state index in [9.17, 15) is 19.2 Å². The Kier molecular flexibility index (Phi) is 6.04. The lowest BCUT2D eigenvalue weighted by molar-refractivity contribution is -0.121. The van der Waals surface area contributed by atoms with Crippen molar-refractivity contribution in [2.45, 2.75) is 6.92 Å². The Labute approximate surface area is 190 Å². The summed E-state index contributed by atoms with van der Waals surface area (Å²) in [5.74, 6) is -2.04. The lowest BCUT2D eigenvalue weighted by atomic mass is 10.1. The van der Waals surface area contributed by atoms with Gasteiger partial charge in [0.15, 0.2) is 6.61 Å². The number of carbonyl (C=O) groups excluding carboxylic acids is 4. The molecule has 1 aliphatic heterocycles. The van der Waals surface area contributed by atoms with E-state index in [-0.39, 0.29) is 29.1 Å². The van der Waals surface area contributed by atoms with Crippen LogP contribution in [0.5, 0.6) is 0 Å². The number of anilines is 1. The van der Waals surface area contributed by atoms with E-state index in [1.165, 1.54) is 24.3 Å². The van der Waals surface area contributed by atoms with Gasteiger partial charge in [-0.15, -0.1) is 6.58 Å². The summed E-state index contributed by atoms with van der Waals surface area (Å²) in [4.78, 5) is 52.9. The topological polar surface area (TPSA) is 84.0 Å². The lowest BCUT2D eigenvalue weighted by Crippen LogP contribution is -2.34. The minimum atomic E-state index is -0.748. The van der Waals surface area contributed by atoms with Crippen molar-refractivity contribution < 1.29 is 23.9 Å². The highest BCUT2D eigenvalue weighted by atomic mass is 16.5. The van der Waals surface area contributed by atoms with Crippen LogP contribution >= 0.6 is 0 Å². The van der Waals surface area contributed by atoms with Crippen molar-refractivity contribution in [1.82, 2.24) is 4.90 Å². The highest BCUT2D eigenvalue weighted by Gasteiger charge is 2.35. The van der Waals surface area contributed by atoms with E-state index >= 15 is 0 Å². The molecule has 3 aromatic carbocycles. The molecule has 0 radical (unpaired) electrons. The molecule has 0 aromatic heterocycles. The van der Waals surface area contributed by atoms with Crippen molar-refractivity contribution in [1.29, 1.82) is 0 Å². The van der Waals surface area contributed by atoms with E-state index in [1.54, 1.807) is 4.90 Å². The quantitative estimate of drug-likeness (QED) is 0.315. The molecule has 0 aliphatic carbocycles. The first-order valence-electron chi connectivity index (χ1n) is 10.5.